The van der Waals surface area contributed by atoms with Gasteiger partial charge in [0, 0.05) is 17.7 Å². The second-order valence-electron chi connectivity index (χ2n) is 5.75. The number of amides is 1. The van der Waals surface area contributed by atoms with Crippen molar-refractivity contribution in [1.29, 1.82) is 0 Å². The van der Waals surface area contributed by atoms with E-state index in [4.69, 9.17) is 9.84 Å². The number of benzene rings is 1. The number of carboxylic acid groups (broad SMARTS) is 1. The molecule has 2 rings (SSSR count). The quantitative estimate of drug-likeness (QED) is 0.872. The molecule has 5 nitrogen and oxygen atoms in total. The topological polar surface area (TPSA) is 75.6 Å². The van der Waals surface area contributed by atoms with Gasteiger partial charge in [-0.05, 0) is 25.0 Å². The van der Waals surface area contributed by atoms with E-state index in [1.54, 1.807) is 0 Å². The number of carbonyl (C=O) groups is 2. The molecule has 24 heavy (non-hydrogen) atoms. The maximum absolute atomic E-state index is 13.1. The molecule has 0 radical (unpaired) electrons. The molecule has 0 aliphatic heterocycles. The van der Waals surface area contributed by atoms with Crippen LogP contribution < -0.4 is 10.1 Å². The van der Waals surface area contributed by atoms with E-state index in [0.717, 1.165) is 0 Å². The van der Waals surface area contributed by atoms with E-state index in [1.165, 1.54) is 25.3 Å². The molecule has 0 spiro atoms. The van der Waals surface area contributed by atoms with Crippen LogP contribution in [0.2, 0.25) is 0 Å². The van der Waals surface area contributed by atoms with Gasteiger partial charge in [-0.2, -0.15) is 13.2 Å². The molecule has 1 amide bonds. The van der Waals surface area contributed by atoms with Crippen LogP contribution in [0.5, 0.6) is 5.75 Å². The molecule has 1 aliphatic carbocycles. The minimum Gasteiger partial charge on any atom is -0.496 e. The highest BCUT2D eigenvalue weighted by molar-refractivity contribution is 5.95. The van der Waals surface area contributed by atoms with Gasteiger partial charge in [0.15, 0.2) is 0 Å². The summed E-state index contributed by atoms with van der Waals surface area (Å²) in [5.74, 6) is -4.66. The molecule has 0 saturated heterocycles. The molecular weight excluding hydrogens is 327 g/mol. The standard InChI is InChI=1S/C16H18F3NO4/c1-24-13-8-9(6-7-11(13)15(22)23)20-14(21)10-4-2-3-5-12(10)16(17,18)19/h6-8,10,12H,2-5H2,1H3,(H,20,21)(H,22,23)/t10-,12-/m1/s1. The van der Waals surface area contributed by atoms with E-state index >= 15 is 0 Å². The van der Waals surface area contributed by atoms with Crippen molar-refractivity contribution < 1.29 is 32.6 Å². The van der Waals surface area contributed by atoms with Crippen LogP contribution in [0.1, 0.15) is 36.0 Å². The Bertz CT molecular complexity index is 630. The van der Waals surface area contributed by atoms with E-state index in [1.807, 2.05) is 0 Å². The number of rotatable bonds is 4. The molecule has 1 aromatic carbocycles. The molecule has 0 heterocycles. The third kappa shape index (κ3) is 3.98. The van der Waals surface area contributed by atoms with Gasteiger partial charge in [-0.3, -0.25) is 4.79 Å². The number of carboxylic acids is 1. The predicted octanol–water partition coefficient (Wildman–Crippen LogP) is 3.70. The molecule has 0 aromatic heterocycles. The Kier molecular flexibility index (Phi) is 5.36. The van der Waals surface area contributed by atoms with Gasteiger partial charge < -0.3 is 15.2 Å². The summed E-state index contributed by atoms with van der Waals surface area (Å²) in [5.41, 5.74) is 0.106. The SMILES string of the molecule is COc1cc(NC(=O)[C@@H]2CCCC[C@H]2C(F)(F)F)ccc1C(=O)O. The molecule has 1 aliphatic rings. The fourth-order valence-electron chi connectivity index (χ4n) is 3.02. The highest BCUT2D eigenvalue weighted by Gasteiger charge is 2.48. The Morgan fingerprint density at radius 1 is 1.25 bits per heavy atom. The highest BCUT2D eigenvalue weighted by atomic mass is 19.4. The average Bonchev–Trinajstić information content (AvgIpc) is 2.53. The molecule has 0 unspecified atom stereocenters. The molecule has 132 valence electrons. The van der Waals surface area contributed by atoms with E-state index in [9.17, 15) is 22.8 Å². The van der Waals surface area contributed by atoms with Gasteiger partial charge in [-0.1, -0.05) is 12.8 Å². The van der Waals surface area contributed by atoms with Gasteiger partial charge in [0.05, 0.1) is 13.0 Å². The largest absolute Gasteiger partial charge is 0.496 e. The van der Waals surface area contributed by atoms with E-state index < -0.39 is 29.9 Å². The number of anilines is 1. The first-order chi connectivity index (χ1) is 11.2. The van der Waals surface area contributed by atoms with Crippen molar-refractivity contribution in [3.05, 3.63) is 23.8 Å². The summed E-state index contributed by atoms with van der Waals surface area (Å²) in [6.07, 6.45) is -3.25. The molecule has 2 N–H and O–H groups in total. The van der Waals surface area contributed by atoms with Crippen LogP contribution in [0.15, 0.2) is 18.2 Å². The number of methoxy groups -OCH3 is 1. The first kappa shape index (κ1) is 18.1. The molecule has 1 aromatic rings. The number of alkyl halides is 3. The van der Waals surface area contributed by atoms with Gasteiger partial charge in [0.1, 0.15) is 11.3 Å². The first-order valence-corrected chi connectivity index (χ1v) is 7.53. The van der Waals surface area contributed by atoms with Crippen molar-refractivity contribution >= 4 is 17.6 Å². The number of carbonyl (C=O) groups excluding carboxylic acids is 1. The minimum atomic E-state index is -4.41. The predicted molar refractivity (Wildman–Crippen MR) is 80.1 cm³/mol. The number of aromatic carboxylic acids is 1. The van der Waals surface area contributed by atoms with Crippen molar-refractivity contribution in [2.45, 2.75) is 31.9 Å². The summed E-state index contributed by atoms with van der Waals surface area (Å²) in [6, 6.07) is 3.85. The monoisotopic (exact) mass is 345 g/mol. The third-order valence-electron chi connectivity index (χ3n) is 4.22. The lowest BCUT2D eigenvalue weighted by molar-refractivity contribution is -0.197. The van der Waals surface area contributed by atoms with Crippen molar-refractivity contribution in [2.75, 3.05) is 12.4 Å². The maximum atomic E-state index is 13.1. The average molecular weight is 345 g/mol. The summed E-state index contributed by atoms with van der Waals surface area (Å²) in [6.45, 7) is 0. The summed E-state index contributed by atoms with van der Waals surface area (Å²) in [4.78, 5) is 23.3. The zero-order chi connectivity index (χ0) is 17.9. The second kappa shape index (κ2) is 7.11. The van der Waals surface area contributed by atoms with Crippen LogP contribution in [0, 0.1) is 11.8 Å². The Morgan fingerprint density at radius 3 is 2.50 bits per heavy atom. The number of nitrogens with one attached hydrogen (secondary N) is 1. The maximum Gasteiger partial charge on any atom is 0.392 e. The van der Waals surface area contributed by atoms with Gasteiger partial charge >= 0.3 is 12.1 Å². The van der Waals surface area contributed by atoms with Crippen LogP contribution in [-0.2, 0) is 4.79 Å². The van der Waals surface area contributed by atoms with Gasteiger partial charge in [-0.15, -0.1) is 0 Å². The lowest BCUT2D eigenvalue weighted by Crippen LogP contribution is -2.39. The molecular formula is C16H18F3NO4. The van der Waals surface area contributed by atoms with Crippen molar-refractivity contribution in [2.24, 2.45) is 11.8 Å². The van der Waals surface area contributed by atoms with Gasteiger partial charge in [0.25, 0.3) is 0 Å². The number of ether oxygens (including phenoxy) is 1. The smallest absolute Gasteiger partial charge is 0.392 e. The lowest BCUT2D eigenvalue weighted by Gasteiger charge is -2.32. The number of hydrogen-bond donors (Lipinski definition) is 2. The molecule has 0 bridgehead atoms. The van der Waals surface area contributed by atoms with E-state index in [2.05, 4.69) is 5.32 Å². The second-order valence-corrected chi connectivity index (χ2v) is 5.75. The Balaban J connectivity index is 2.18. The van der Waals surface area contributed by atoms with E-state index in [-0.39, 0.29) is 29.8 Å². The zero-order valence-electron chi connectivity index (χ0n) is 13.0. The molecule has 2 atom stereocenters. The third-order valence-corrected chi connectivity index (χ3v) is 4.22. The number of halogens is 3. The molecule has 1 saturated carbocycles. The fourth-order valence-corrected chi connectivity index (χ4v) is 3.02. The summed E-state index contributed by atoms with van der Waals surface area (Å²) in [7, 11) is 1.27. The van der Waals surface area contributed by atoms with Crippen LogP contribution in [0.4, 0.5) is 18.9 Å². The highest BCUT2D eigenvalue weighted by Crippen LogP contribution is 2.42. The zero-order valence-corrected chi connectivity index (χ0v) is 13.0. The van der Waals surface area contributed by atoms with Gasteiger partial charge in [0.2, 0.25) is 5.91 Å². The van der Waals surface area contributed by atoms with Crippen molar-refractivity contribution in [3.8, 4) is 5.75 Å². The van der Waals surface area contributed by atoms with Gasteiger partial charge in [-0.25, -0.2) is 4.79 Å². The minimum absolute atomic E-state index is 0.0244. The Hall–Kier alpha value is -2.25. The summed E-state index contributed by atoms with van der Waals surface area (Å²) in [5, 5.41) is 11.4. The molecule has 8 heteroatoms. The van der Waals surface area contributed by atoms with Crippen LogP contribution >= 0.6 is 0 Å². The normalized spacial score (nSPS) is 21.2. The molecule has 1 fully saturated rings. The lowest BCUT2D eigenvalue weighted by atomic mass is 9.78. The first-order valence-electron chi connectivity index (χ1n) is 7.53. The Morgan fingerprint density at radius 2 is 1.92 bits per heavy atom. The number of hydrogen-bond acceptors (Lipinski definition) is 3. The van der Waals surface area contributed by atoms with Crippen molar-refractivity contribution in [3.63, 3.8) is 0 Å². The van der Waals surface area contributed by atoms with Crippen LogP contribution in [0.25, 0.3) is 0 Å². The summed E-state index contributed by atoms with van der Waals surface area (Å²) >= 11 is 0. The van der Waals surface area contributed by atoms with Crippen LogP contribution in [0.3, 0.4) is 0 Å². The Labute approximate surface area is 136 Å². The van der Waals surface area contributed by atoms with Crippen molar-refractivity contribution in [1.82, 2.24) is 0 Å². The summed E-state index contributed by atoms with van der Waals surface area (Å²) < 4.78 is 44.2. The van der Waals surface area contributed by atoms with Crippen LogP contribution in [-0.4, -0.2) is 30.3 Å². The fraction of sp³-hybridized carbons (Fsp3) is 0.500. The van der Waals surface area contributed by atoms with E-state index in [0.29, 0.717) is 12.8 Å².